The van der Waals surface area contributed by atoms with E-state index in [1.807, 2.05) is 12.1 Å². The monoisotopic (exact) mass is 327 g/mol. The summed E-state index contributed by atoms with van der Waals surface area (Å²) in [6.45, 7) is 5.01. The van der Waals surface area contributed by atoms with Gasteiger partial charge in [0.15, 0.2) is 11.5 Å². The molecule has 2 N–H and O–H groups in total. The smallest absolute Gasteiger partial charge is 0.161 e. The van der Waals surface area contributed by atoms with E-state index in [0.29, 0.717) is 13.2 Å². The van der Waals surface area contributed by atoms with Crippen LogP contribution in [0, 0.1) is 12.8 Å². The molecule has 0 saturated heterocycles. The molecule has 0 aromatic heterocycles. The molecule has 4 nitrogen and oxygen atoms in total. The van der Waals surface area contributed by atoms with Gasteiger partial charge in [0.25, 0.3) is 0 Å². The maximum Gasteiger partial charge on any atom is 0.161 e. The van der Waals surface area contributed by atoms with Crippen LogP contribution in [0.3, 0.4) is 0 Å². The first kappa shape index (κ1) is 16.8. The Hall–Kier alpha value is -2.04. The quantitative estimate of drug-likeness (QED) is 0.821. The van der Waals surface area contributed by atoms with E-state index >= 15 is 0 Å². The van der Waals surface area contributed by atoms with E-state index in [1.165, 1.54) is 11.1 Å². The number of aryl methyl sites for hydroxylation is 1. The second-order valence-electron chi connectivity index (χ2n) is 6.35. The molecule has 4 heteroatoms. The molecule has 0 bridgehead atoms. The molecule has 3 rings (SSSR count). The summed E-state index contributed by atoms with van der Waals surface area (Å²) in [6.07, 6.45) is 0.880. The normalized spacial score (nSPS) is 14.4. The van der Waals surface area contributed by atoms with Crippen LogP contribution in [0.5, 0.6) is 11.5 Å². The number of aliphatic hydroxyl groups is 1. The lowest BCUT2D eigenvalue weighted by atomic mass is 9.99. The van der Waals surface area contributed by atoms with E-state index in [4.69, 9.17) is 9.47 Å². The largest absolute Gasteiger partial charge is 0.486 e. The third kappa shape index (κ3) is 4.49. The Labute approximate surface area is 143 Å². The Balaban J connectivity index is 1.50. The summed E-state index contributed by atoms with van der Waals surface area (Å²) < 4.78 is 11.1. The number of fused-ring (bicyclic) bond motifs is 1. The molecule has 0 saturated carbocycles. The second-order valence-corrected chi connectivity index (χ2v) is 6.35. The Morgan fingerprint density at radius 3 is 2.46 bits per heavy atom. The molecule has 0 fully saturated rings. The van der Waals surface area contributed by atoms with Crippen molar-refractivity contribution < 1.29 is 14.6 Å². The number of ether oxygens (including phenoxy) is 2. The minimum atomic E-state index is 0.183. The minimum absolute atomic E-state index is 0.183. The molecular formula is C20H25NO3. The van der Waals surface area contributed by atoms with Crippen LogP contribution >= 0.6 is 0 Å². The lowest BCUT2D eigenvalue weighted by molar-refractivity contribution is 0.171. The van der Waals surface area contributed by atoms with Crippen molar-refractivity contribution in [2.75, 3.05) is 26.4 Å². The van der Waals surface area contributed by atoms with Gasteiger partial charge >= 0.3 is 0 Å². The van der Waals surface area contributed by atoms with Gasteiger partial charge in [-0.25, -0.2) is 0 Å². The Morgan fingerprint density at radius 2 is 1.71 bits per heavy atom. The van der Waals surface area contributed by atoms with Crippen LogP contribution in [0.25, 0.3) is 0 Å². The van der Waals surface area contributed by atoms with Crippen molar-refractivity contribution in [3.8, 4) is 11.5 Å². The van der Waals surface area contributed by atoms with Gasteiger partial charge in [-0.15, -0.1) is 0 Å². The van der Waals surface area contributed by atoms with E-state index in [9.17, 15) is 5.11 Å². The molecular weight excluding hydrogens is 302 g/mol. The summed E-state index contributed by atoms with van der Waals surface area (Å²) >= 11 is 0. The highest BCUT2D eigenvalue weighted by Gasteiger charge is 2.12. The molecule has 1 aliphatic rings. The predicted octanol–water partition coefficient (Wildman–Crippen LogP) is 2.71. The molecule has 24 heavy (non-hydrogen) atoms. The molecule has 2 aromatic carbocycles. The van der Waals surface area contributed by atoms with Crippen LogP contribution in [-0.4, -0.2) is 31.5 Å². The Bertz CT molecular complexity index is 654. The summed E-state index contributed by atoms with van der Waals surface area (Å²) in [7, 11) is 0. The van der Waals surface area contributed by atoms with E-state index in [0.717, 1.165) is 36.6 Å². The fourth-order valence-electron chi connectivity index (χ4n) is 2.88. The molecule has 0 radical (unpaired) electrons. The summed E-state index contributed by atoms with van der Waals surface area (Å²) in [6, 6.07) is 14.5. The van der Waals surface area contributed by atoms with E-state index in [1.54, 1.807) is 0 Å². The lowest BCUT2D eigenvalue weighted by Gasteiger charge is -2.19. The third-order valence-corrected chi connectivity index (χ3v) is 4.27. The van der Waals surface area contributed by atoms with Gasteiger partial charge in [0, 0.05) is 19.7 Å². The van der Waals surface area contributed by atoms with E-state index in [2.05, 4.69) is 42.6 Å². The van der Waals surface area contributed by atoms with Crippen molar-refractivity contribution >= 4 is 0 Å². The number of hydrogen-bond donors (Lipinski definition) is 2. The molecule has 0 amide bonds. The fourth-order valence-corrected chi connectivity index (χ4v) is 2.88. The van der Waals surface area contributed by atoms with Gasteiger partial charge in [0.1, 0.15) is 13.2 Å². The van der Waals surface area contributed by atoms with Crippen LogP contribution in [0.2, 0.25) is 0 Å². The van der Waals surface area contributed by atoms with Gasteiger partial charge in [-0.2, -0.15) is 0 Å². The SMILES string of the molecule is Cc1ccc(C[C@H](CO)CNCc2ccc3c(c2)OCCO3)cc1. The van der Waals surface area contributed by atoms with Gasteiger partial charge in [-0.3, -0.25) is 0 Å². The lowest BCUT2D eigenvalue weighted by Crippen LogP contribution is -2.26. The highest BCUT2D eigenvalue weighted by Crippen LogP contribution is 2.30. The second kappa shape index (κ2) is 8.18. The highest BCUT2D eigenvalue weighted by atomic mass is 16.6. The van der Waals surface area contributed by atoms with E-state index in [-0.39, 0.29) is 12.5 Å². The molecule has 1 heterocycles. The number of benzene rings is 2. The number of aliphatic hydroxyl groups excluding tert-OH is 1. The van der Waals surface area contributed by atoms with Crippen molar-refractivity contribution in [2.24, 2.45) is 5.92 Å². The Morgan fingerprint density at radius 1 is 1.00 bits per heavy atom. The number of nitrogens with one attached hydrogen (secondary N) is 1. The molecule has 0 aliphatic carbocycles. The zero-order valence-corrected chi connectivity index (χ0v) is 14.1. The summed E-state index contributed by atoms with van der Waals surface area (Å²) in [5.74, 6) is 1.85. The van der Waals surface area contributed by atoms with Crippen LogP contribution < -0.4 is 14.8 Å². The van der Waals surface area contributed by atoms with Crippen molar-refractivity contribution in [2.45, 2.75) is 19.9 Å². The summed E-state index contributed by atoms with van der Waals surface area (Å²) in [5.41, 5.74) is 3.68. The number of hydrogen-bond acceptors (Lipinski definition) is 4. The van der Waals surface area contributed by atoms with E-state index < -0.39 is 0 Å². The first-order valence-electron chi connectivity index (χ1n) is 8.50. The molecule has 0 unspecified atom stereocenters. The van der Waals surface area contributed by atoms with Gasteiger partial charge in [0.2, 0.25) is 0 Å². The summed E-state index contributed by atoms with van der Waals surface area (Å²) in [5, 5.41) is 13.1. The highest BCUT2D eigenvalue weighted by molar-refractivity contribution is 5.43. The van der Waals surface area contributed by atoms with Crippen molar-refractivity contribution in [1.82, 2.24) is 5.32 Å². The van der Waals surface area contributed by atoms with Crippen LogP contribution in [-0.2, 0) is 13.0 Å². The Kier molecular flexibility index (Phi) is 5.72. The fraction of sp³-hybridized carbons (Fsp3) is 0.400. The predicted molar refractivity (Wildman–Crippen MR) is 94.6 cm³/mol. The van der Waals surface area contributed by atoms with Gasteiger partial charge < -0.3 is 19.9 Å². The standard InChI is InChI=1S/C20H25NO3/c1-15-2-4-16(5-3-15)10-18(14-22)13-21-12-17-6-7-19-20(11-17)24-9-8-23-19/h2-7,11,18,21-22H,8-10,12-14H2,1H3/t18-/m0/s1. The molecule has 128 valence electrons. The van der Waals surface area contributed by atoms with Crippen LogP contribution in [0.1, 0.15) is 16.7 Å². The average Bonchev–Trinajstić information content (AvgIpc) is 2.62. The maximum absolute atomic E-state index is 9.62. The van der Waals surface area contributed by atoms with Crippen molar-refractivity contribution in [3.63, 3.8) is 0 Å². The summed E-state index contributed by atoms with van der Waals surface area (Å²) in [4.78, 5) is 0. The van der Waals surface area contributed by atoms with Gasteiger partial charge in [-0.05, 0) is 42.5 Å². The minimum Gasteiger partial charge on any atom is -0.486 e. The zero-order chi connectivity index (χ0) is 16.8. The topological polar surface area (TPSA) is 50.7 Å². The van der Waals surface area contributed by atoms with Gasteiger partial charge in [-0.1, -0.05) is 35.9 Å². The van der Waals surface area contributed by atoms with Gasteiger partial charge in [0.05, 0.1) is 0 Å². The number of rotatable bonds is 7. The van der Waals surface area contributed by atoms with Crippen LogP contribution in [0.4, 0.5) is 0 Å². The first-order chi connectivity index (χ1) is 11.7. The molecule has 1 atom stereocenters. The van der Waals surface area contributed by atoms with Crippen LogP contribution in [0.15, 0.2) is 42.5 Å². The van der Waals surface area contributed by atoms with Crippen molar-refractivity contribution in [1.29, 1.82) is 0 Å². The average molecular weight is 327 g/mol. The first-order valence-corrected chi connectivity index (χ1v) is 8.50. The third-order valence-electron chi connectivity index (χ3n) is 4.27. The maximum atomic E-state index is 9.62. The molecule has 0 spiro atoms. The zero-order valence-electron chi connectivity index (χ0n) is 14.1. The van der Waals surface area contributed by atoms with Crippen molar-refractivity contribution in [3.05, 3.63) is 59.2 Å². The molecule has 2 aromatic rings. The molecule has 1 aliphatic heterocycles.